The Morgan fingerprint density at radius 2 is 0.698 bits per heavy atom. The second-order valence-electron chi connectivity index (χ2n) is 21.7. The fourth-order valence-corrected chi connectivity index (χ4v) is 17.4. The van der Waals surface area contributed by atoms with Gasteiger partial charge in [0.1, 0.15) is 35.6 Å². The lowest BCUT2D eigenvalue weighted by Gasteiger charge is -2.35. The van der Waals surface area contributed by atoms with Gasteiger partial charge >= 0.3 is 0 Å². The molecular formula is C60H69Cl3F3N15O9S6. The highest BCUT2D eigenvalue weighted by Crippen LogP contribution is 2.39. The normalized spacial score (nSPS) is 20.5. The SMILES string of the molecule is C.C.C.CN1C(C(=O)Nc2ccc(F)c(Cl)c2)CC(c2cc(-c3cn(C)cn3)cs2)NS1(=O)=O.CN1[C@@H](C(=O)Nc2ccc(F)c(Cl)c2)C[C@@H](c2cc(-c3cn(C)cn3)cs2)NS1(=O)=O.CN1[C@H](C(=O)Nc2ccc(F)c(Cl)c2)C[C@H](c2cc(-c3cn(C)cn3)cs2)NS1(=O)=O. The smallest absolute Gasteiger partial charge is 0.280 e. The number of rotatable bonds is 12. The number of nitrogens with one attached hydrogen (secondary N) is 6. The van der Waals surface area contributed by atoms with Crippen molar-refractivity contribution >= 4 is 134 Å². The summed E-state index contributed by atoms with van der Waals surface area (Å²) in [6, 6.07) is 12.4. The van der Waals surface area contributed by atoms with Gasteiger partial charge in [-0.15, -0.1) is 34.0 Å². The summed E-state index contributed by atoms with van der Waals surface area (Å²) in [5, 5.41) is 13.2. The minimum Gasteiger partial charge on any atom is -0.340 e. The number of likely N-dealkylation sites (N-methyl/N-ethyl adjacent to an activating group) is 3. The van der Waals surface area contributed by atoms with Crippen LogP contribution >= 0.6 is 68.8 Å². The minimum absolute atomic E-state index is 0. The molecule has 36 heteroatoms. The molecule has 96 heavy (non-hydrogen) atoms. The third-order valence-electron chi connectivity index (χ3n) is 15.1. The summed E-state index contributed by atoms with van der Waals surface area (Å²) >= 11 is 21.5. The van der Waals surface area contributed by atoms with E-state index in [4.69, 9.17) is 34.8 Å². The first-order chi connectivity index (χ1) is 43.9. The van der Waals surface area contributed by atoms with Crippen molar-refractivity contribution < 1.29 is 52.8 Å². The summed E-state index contributed by atoms with van der Waals surface area (Å²) in [6.45, 7) is 0. The van der Waals surface area contributed by atoms with E-state index in [9.17, 15) is 52.8 Å². The molecule has 516 valence electrons. The number of amides is 3. The Labute approximate surface area is 582 Å². The van der Waals surface area contributed by atoms with Crippen LogP contribution in [-0.2, 0) is 66.2 Å². The summed E-state index contributed by atoms with van der Waals surface area (Å²) < 4.78 is 132. The van der Waals surface area contributed by atoms with E-state index in [1.54, 1.807) is 19.0 Å². The number of carbonyl (C=O) groups excluding carboxylic acids is 3. The summed E-state index contributed by atoms with van der Waals surface area (Å²) in [4.78, 5) is 53.9. The molecule has 0 spiro atoms. The van der Waals surface area contributed by atoms with E-state index in [0.29, 0.717) is 0 Å². The van der Waals surface area contributed by atoms with Crippen LogP contribution in [0.2, 0.25) is 15.1 Å². The number of anilines is 3. The van der Waals surface area contributed by atoms with Gasteiger partial charge < -0.3 is 29.7 Å². The lowest BCUT2D eigenvalue weighted by Crippen LogP contribution is -2.55. The molecule has 3 aliphatic rings. The molecule has 24 nitrogen and oxygen atoms in total. The van der Waals surface area contributed by atoms with Crippen LogP contribution in [0.3, 0.4) is 0 Å². The molecule has 3 aromatic carbocycles. The Hall–Kier alpha value is -6.93. The molecular weight excluding hydrogens is 1430 g/mol. The largest absolute Gasteiger partial charge is 0.340 e. The molecule has 3 amide bonds. The first kappa shape index (κ1) is 76.4. The molecule has 12 rings (SSSR count). The number of benzene rings is 3. The molecule has 3 fully saturated rings. The quantitative estimate of drug-likeness (QED) is 0.0666. The van der Waals surface area contributed by atoms with Crippen LogP contribution in [0.4, 0.5) is 30.2 Å². The standard InChI is InChI=1S/3C19H19ClFN5O3S2.3CH4/c3*1-25-8-16(22-10-25)11-5-18(30-9-11)15-7-17(26(2)31(28,29)24-15)19(27)23-12-3-4-14(21)13(20)6-12;;;/h3*3-6,8-10,15,17,24H,7H2,1-2H3,(H,23,27);3*1H4/t2*15-,17+;;;;/m10..../s1. The molecule has 2 unspecified atom stereocenters. The minimum atomic E-state index is -3.89. The van der Waals surface area contributed by atoms with Crippen molar-refractivity contribution in [1.29, 1.82) is 0 Å². The first-order valence-corrected chi connectivity index (χ1v) is 35.7. The predicted molar refractivity (Wildman–Crippen MR) is 373 cm³/mol. The fourth-order valence-electron chi connectivity index (χ4n) is 9.98. The van der Waals surface area contributed by atoms with Crippen molar-refractivity contribution in [3.63, 3.8) is 0 Å². The van der Waals surface area contributed by atoms with Gasteiger partial charge in [0.25, 0.3) is 30.6 Å². The van der Waals surface area contributed by atoms with Crippen molar-refractivity contribution in [3.05, 3.63) is 174 Å². The van der Waals surface area contributed by atoms with E-state index in [0.717, 1.165) is 79.5 Å². The van der Waals surface area contributed by atoms with Crippen molar-refractivity contribution in [1.82, 2.24) is 55.7 Å². The number of aromatic nitrogens is 6. The lowest BCUT2D eigenvalue weighted by molar-refractivity contribution is -0.120. The second kappa shape index (κ2) is 31.3. The van der Waals surface area contributed by atoms with E-state index < -0.39 is 102 Å². The first-order valence-electron chi connectivity index (χ1n) is 27.7. The molecule has 6 atom stereocenters. The van der Waals surface area contributed by atoms with Crippen LogP contribution in [0.25, 0.3) is 33.8 Å². The van der Waals surface area contributed by atoms with Gasteiger partial charge in [-0.1, -0.05) is 57.1 Å². The monoisotopic (exact) mass is 1500 g/mol. The molecule has 3 aliphatic heterocycles. The van der Waals surface area contributed by atoms with Crippen molar-refractivity contribution in [2.45, 2.75) is 77.8 Å². The number of imidazole rings is 3. The van der Waals surface area contributed by atoms with Gasteiger partial charge in [-0.05, 0) is 92.1 Å². The van der Waals surface area contributed by atoms with Crippen LogP contribution < -0.4 is 30.1 Å². The Balaban J connectivity index is 0.000000200. The number of hydrogen-bond donors (Lipinski definition) is 6. The highest BCUT2D eigenvalue weighted by Gasteiger charge is 2.44. The summed E-state index contributed by atoms with van der Waals surface area (Å²) in [6.07, 6.45) is 11.3. The molecule has 0 radical (unpaired) electrons. The van der Waals surface area contributed by atoms with Crippen molar-refractivity contribution in [2.24, 2.45) is 21.1 Å². The Morgan fingerprint density at radius 1 is 0.448 bits per heavy atom. The molecule has 3 saturated heterocycles. The van der Waals surface area contributed by atoms with Crippen LogP contribution in [0.15, 0.2) is 127 Å². The van der Waals surface area contributed by atoms with Crippen LogP contribution in [0.1, 0.15) is 74.3 Å². The van der Waals surface area contributed by atoms with E-state index in [1.165, 1.54) is 91.6 Å². The zero-order chi connectivity index (χ0) is 67.0. The van der Waals surface area contributed by atoms with E-state index >= 15 is 0 Å². The Bertz CT molecular complexity index is 4190. The highest BCUT2D eigenvalue weighted by atomic mass is 35.5. The maximum Gasteiger partial charge on any atom is 0.280 e. The topological polar surface area (TPSA) is 289 Å². The van der Waals surface area contributed by atoms with Gasteiger partial charge in [0.15, 0.2) is 0 Å². The average Bonchev–Trinajstić information content (AvgIpc) is 1.20. The van der Waals surface area contributed by atoms with Crippen LogP contribution in [-0.4, -0.2) is 124 Å². The van der Waals surface area contributed by atoms with Crippen molar-refractivity contribution in [3.8, 4) is 33.8 Å². The van der Waals surface area contributed by atoms with Crippen LogP contribution in [0.5, 0.6) is 0 Å². The third-order valence-corrected chi connectivity index (χ3v) is 23.9. The number of thiophene rings is 3. The maximum atomic E-state index is 13.4. The summed E-state index contributed by atoms with van der Waals surface area (Å²) in [7, 11) is -2.04. The Kier molecular flexibility index (Phi) is 24.9. The lowest BCUT2D eigenvalue weighted by atomic mass is 10.0. The van der Waals surface area contributed by atoms with Gasteiger partial charge in [-0.25, -0.2) is 28.1 Å². The average molecular weight is 1500 g/mol. The molecule has 6 aromatic heterocycles. The number of nitrogens with zero attached hydrogens (tertiary/aromatic N) is 9. The van der Waals surface area contributed by atoms with E-state index in [-0.39, 0.29) is 73.7 Å². The van der Waals surface area contributed by atoms with Gasteiger partial charge in [0.2, 0.25) is 17.7 Å². The summed E-state index contributed by atoms with van der Waals surface area (Å²) in [5.41, 5.74) is 5.82. The summed E-state index contributed by atoms with van der Waals surface area (Å²) in [5.74, 6) is -3.40. The number of halogens is 6. The molecule has 0 bridgehead atoms. The fraction of sp³-hybridized carbons (Fsp3) is 0.300. The Morgan fingerprint density at radius 3 is 0.917 bits per heavy atom. The van der Waals surface area contributed by atoms with Crippen molar-refractivity contribution in [2.75, 3.05) is 37.1 Å². The number of carbonyl (C=O) groups is 3. The zero-order valence-electron chi connectivity index (χ0n) is 49.6. The maximum absolute atomic E-state index is 13.4. The van der Waals surface area contributed by atoms with Gasteiger partial charge in [-0.2, -0.15) is 52.3 Å². The zero-order valence-corrected chi connectivity index (χ0v) is 56.8. The molecule has 9 heterocycles. The third kappa shape index (κ3) is 17.7. The van der Waals surface area contributed by atoms with Gasteiger partial charge in [0.05, 0.1) is 69.3 Å². The van der Waals surface area contributed by atoms with E-state index in [1.807, 2.05) is 87.8 Å². The van der Waals surface area contributed by atoms with E-state index in [2.05, 4.69) is 45.1 Å². The molecule has 6 N–H and O–H groups in total. The molecule has 9 aromatic rings. The molecule has 0 saturated carbocycles. The highest BCUT2D eigenvalue weighted by molar-refractivity contribution is 7.87. The second-order valence-corrected chi connectivity index (χ2v) is 31.0. The van der Waals surface area contributed by atoms with Crippen LogP contribution in [0, 0.1) is 17.5 Å². The predicted octanol–water partition coefficient (Wildman–Crippen LogP) is 11.4. The van der Waals surface area contributed by atoms with Gasteiger partial charge in [-0.3, -0.25) is 14.4 Å². The number of hydrogen-bond acceptors (Lipinski definition) is 15. The molecule has 0 aliphatic carbocycles. The van der Waals surface area contributed by atoms with Gasteiger partial charge in [0, 0.05) is 125 Å². The number of aryl methyl sites for hydroxylation is 3.